The topological polar surface area (TPSA) is 115 Å². The second-order valence-corrected chi connectivity index (χ2v) is 4.94. The summed E-state index contributed by atoms with van der Waals surface area (Å²) < 4.78 is 20.2. The number of hydrogen-bond acceptors (Lipinski definition) is 8. The molecular formula is C15H20O8. The zero-order valence-corrected chi connectivity index (χ0v) is 12.6. The van der Waals surface area contributed by atoms with E-state index in [-0.39, 0.29) is 13.2 Å². The molecule has 1 fully saturated rings. The summed E-state index contributed by atoms with van der Waals surface area (Å²) in [4.78, 5) is 11.2. The van der Waals surface area contributed by atoms with Crippen molar-refractivity contribution in [2.24, 2.45) is 0 Å². The molecule has 1 heterocycles. The molecule has 1 aliphatic heterocycles. The van der Waals surface area contributed by atoms with Gasteiger partial charge in [0.05, 0.1) is 6.61 Å². The van der Waals surface area contributed by atoms with Crippen LogP contribution in [-0.4, -0.2) is 65.4 Å². The molecule has 0 spiro atoms. The number of benzene rings is 1. The van der Waals surface area contributed by atoms with Crippen molar-refractivity contribution in [1.82, 2.24) is 0 Å². The first kappa shape index (κ1) is 17.5. The molecule has 23 heavy (non-hydrogen) atoms. The Kier molecular flexibility index (Phi) is 6.17. The zero-order chi connectivity index (χ0) is 16.8. The normalized spacial score (nSPS) is 30.5. The highest BCUT2D eigenvalue weighted by molar-refractivity contribution is 5.59. The summed E-state index contributed by atoms with van der Waals surface area (Å²) in [7, 11) is 0. The maximum atomic E-state index is 11.2. The average molecular weight is 328 g/mol. The average Bonchev–Trinajstić information content (AvgIpc) is 2.55. The van der Waals surface area contributed by atoms with E-state index in [0.29, 0.717) is 5.75 Å². The first-order chi connectivity index (χ1) is 11.0. The highest BCUT2D eigenvalue weighted by Gasteiger charge is 2.45. The summed E-state index contributed by atoms with van der Waals surface area (Å²) in [6, 6.07) is 8.56. The summed E-state index contributed by atoms with van der Waals surface area (Å²) in [6.07, 6.45) is -7.59. The number of rotatable bonds is 5. The van der Waals surface area contributed by atoms with Crippen molar-refractivity contribution in [3.8, 4) is 5.75 Å². The van der Waals surface area contributed by atoms with Gasteiger partial charge in [-0.05, 0) is 19.1 Å². The fraction of sp³-hybridized carbons (Fsp3) is 0.533. The zero-order valence-electron chi connectivity index (χ0n) is 12.6. The third-order valence-electron chi connectivity index (χ3n) is 3.29. The van der Waals surface area contributed by atoms with Gasteiger partial charge in [-0.15, -0.1) is 0 Å². The second kappa shape index (κ2) is 8.11. The lowest BCUT2D eigenvalue weighted by molar-refractivity contribution is -0.277. The predicted molar refractivity (Wildman–Crippen MR) is 76.7 cm³/mol. The molecule has 8 heteroatoms. The Morgan fingerprint density at radius 3 is 2.43 bits per heavy atom. The van der Waals surface area contributed by atoms with E-state index in [1.807, 2.05) is 0 Å². The molecule has 1 aromatic carbocycles. The van der Waals surface area contributed by atoms with Crippen LogP contribution in [-0.2, 0) is 14.2 Å². The van der Waals surface area contributed by atoms with Crippen LogP contribution in [0.2, 0.25) is 0 Å². The van der Waals surface area contributed by atoms with E-state index >= 15 is 0 Å². The van der Waals surface area contributed by atoms with Gasteiger partial charge in [0.25, 0.3) is 0 Å². The van der Waals surface area contributed by atoms with Crippen LogP contribution in [0.4, 0.5) is 4.79 Å². The van der Waals surface area contributed by atoms with Gasteiger partial charge in [0, 0.05) is 0 Å². The minimum Gasteiger partial charge on any atom is -0.462 e. The highest BCUT2D eigenvalue weighted by atomic mass is 16.7. The molecule has 0 unspecified atom stereocenters. The van der Waals surface area contributed by atoms with E-state index < -0.39 is 36.9 Å². The largest absolute Gasteiger partial charge is 0.508 e. The summed E-state index contributed by atoms with van der Waals surface area (Å²) in [5.41, 5.74) is 0. The van der Waals surface area contributed by atoms with Gasteiger partial charge in [-0.1, -0.05) is 18.2 Å². The van der Waals surface area contributed by atoms with E-state index in [9.17, 15) is 20.1 Å². The summed E-state index contributed by atoms with van der Waals surface area (Å²) >= 11 is 0. The molecule has 1 aromatic rings. The predicted octanol–water partition coefficient (Wildman–Crippen LogP) is 0.0461. The van der Waals surface area contributed by atoms with Crippen molar-refractivity contribution < 1.29 is 39.1 Å². The van der Waals surface area contributed by atoms with E-state index in [0.717, 1.165) is 0 Å². The number of para-hydroxylation sites is 1. The molecule has 0 amide bonds. The third kappa shape index (κ3) is 4.55. The number of hydrogen-bond donors (Lipinski definition) is 3. The highest BCUT2D eigenvalue weighted by Crippen LogP contribution is 2.24. The van der Waals surface area contributed by atoms with Gasteiger partial charge in [-0.2, -0.15) is 0 Å². The van der Waals surface area contributed by atoms with Gasteiger partial charge in [0.1, 0.15) is 36.8 Å². The Labute approximate surface area is 133 Å². The van der Waals surface area contributed by atoms with Gasteiger partial charge in [0.15, 0.2) is 0 Å². The quantitative estimate of drug-likeness (QED) is 0.649. The second-order valence-electron chi connectivity index (χ2n) is 4.94. The van der Waals surface area contributed by atoms with E-state index in [2.05, 4.69) is 4.74 Å². The number of carbonyl (C=O) groups is 1. The lowest BCUT2D eigenvalue weighted by Gasteiger charge is -2.39. The number of carbonyl (C=O) groups excluding carboxylic acids is 1. The van der Waals surface area contributed by atoms with Crippen LogP contribution >= 0.6 is 0 Å². The van der Waals surface area contributed by atoms with Crippen LogP contribution in [0.5, 0.6) is 5.75 Å². The number of ether oxygens (including phenoxy) is 4. The first-order valence-electron chi connectivity index (χ1n) is 7.23. The lowest BCUT2D eigenvalue weighted by Crippen LogP contribution is -2.60. The van der Waals surface area contributed by atoms with Crippen molar-refractivity contribution in [2.75, 3.05) is 13.2 Å². The fourth-order valence-electron chi connectivity index (χ4n) is 2.09. The summed E-state index contributed by atoms with van der Waals surface area (Å²) in [6.45, 7) is 1.42. The van der Waals surface area contributed by atoms with Crippen LogP contribution in [0.3, 0.4) is 0 Å². The van der Waals surface area contributed by atoms with Crippen molar-refractivity contribution in [2.45, 2.75) is 37.6 Å². The lowest BCUT2D eigenvalue weighted by atomic mass is 9.99. The minimum atomic E-state index is -1.51. The van der Waals surface area contributed by atoms with Gasteiger partial charge in [-0.25, -0.2) is 4.79 Å². The van der Waals surface area contributed by atoms with Gasteiger partial charge < -0.3 is 34.3 Å². The molecule has 128 valence electrons. The minimum absolute atomic E-state index is 0.147. The van der Waals surface area contributed by atoms with Crippen LogP contribution in [0.1, 0.15) is 6.92 Å². The van der Waals surface area contributed by atoms with Crippen LogP contribution in [0.15, 0.2) is 30.3 Å². The van der Waals surface area contributed by atoms with Gasteiger partial charge in [0.2, 0.25) is 6.29 Å². The van der Waals surface area contributed by atoms with Crippen molar-refractivity contribution in [1.29, 1.82) is 0 Å². The smallest absolute Gasteiger partial charge is 0.462 e. The number of aliphatic hydroxyl groups excluding tert-OH is 3. The summed E-state index contributed by atoms with van der Waals surface area (Å²) in [5, 5.41) is 29.8. The maximum Gasteiger partial charge on any atom is 0.508 e. The maximum absolute atomic E-state index is 11.2. The third-order valence-corrected chi connectivity index (χ3v) is 3.29. The fourth-order valence-corrected chi connectivity index (χ4v) is 2.09. The summed E-state index contributed by atoms with van der Waals surface area (Å²) in [5.74, 6) is 0.421. The van der Waals surface area contributed by atoms with Crippen LogP contribution < -0.4 is 4.74 Å². The van der Waals surface area contributed by atoms with Crippen LogP contribution in [0, 0.1) is 0 Å². The SMILES string of the molecule is CCOC(=O)OC[C@H]1O[C@H](Oc2ccccc2)[C@H](O)[C@@H](O)[C@@H]1O. The van der Waals surface area contributed by atoms with Crippen molar-refractivity contribution in [3.63, 3.8) is 0 Å². The van der Waals surface area contributed by atoms with Crippen LogP contribution in [0.25, 0.3) is 0 Å². The van der Waals surface area contributed by atoms with Gasteiger partial charge in [-0.3, -0.25) is 0 Å². The molecule has 1 aliphatic rings. The standard InChI is InChI=1S/C15H20O8/c1-2-20-15(19)21-8-10-11(16)12(17)13(18)14(23-10)22-9-6-4-3-5-7-9/h3-7,10-14,16-18H,2,8H2,1H3/t10-,11-,12+,13-,14+/m1/s1. The Hall–Kier alpha value is -1.87. The number of aliphatic hydroxyl groups is 3. The molecule has 2 rings (SSSR count). The van der Waals surface area contributed by atoms with E-state index in [1.54, 1.807) is 37.3 Å². The van der Waals surface area contributed by atoms with Crippen molar-refractivity contribution >= 4 is 6.16 Å². The van der Waals surface area contributed by atoms with E-state index in [1.165, 1.54) is 0 Å². The van der Waals surface area contributed by atoms with E-state index in [4.69, 9.17) is 14.2 Å². The van der Waals surface area contributed by atoms with Gasteiger partial charge >= 0.3 is 6.16 Å². The molecule has 1 saturated heterocycles. The van der Waals surface area contributed by atoms with Crippen molar-refractivity contribution in [3.05, 3.63) is 30.3 Å². The molecule has 0 aromatic heterocycles. The molecule has 8 nitrogen and oxygen atoms in total. The molecule has 0 aliphatic carbocycles. The Bertz CT molecular complexity index is 494. The molecule has 5 atom stereocenters. The monoisotopic (exact) mass is 328 g/mol. The Balaban J connectivity index is 1.98. The molecule has 0 bridgehead atoms. The molecule has 0 saturated carbocycles. The molecule has 0 radical (unpaired) electrons. The molecular weight excluding hydrogens is 308 g/mol. The first-order valence-corrected chi connectivity index (χ1v) is 7.23. The Morgan fingerprint density at radius 2 is 1.78 bits per heavy atom. The molecule has 3 N–H and O–H groups in total. The Morgan fingerprint density at radius 1 is 1.09 bits per heavy atom.